The summed E-state index contributed by atoms with van der Waals surface area (Å²) < 4.78 is 5.22. The van der Waals surface area contributed by atoms with Crippen LogP contribution >= 0.6 is 11.3 Å². The predicted octanol–water partition coefficient (Wildman–Crippen LogP) is 4.85. The molecule has 0 spiro atoms. The zero-order valence-corrected chi connectivity index (χ0v) is 16.8. The van der Waals surface area contributed by atoms with Crippen molar-refractivity contribution in [3.63, 3.8) is 0 Å². The van der Waals surface area contributed by atoms with Gasteiger partial charge in [-0.3, -0.25) is 0 Å². The average Bonchev–Trinajstić information content (AvgIpc) is 3.32. The van der Waals surface area contributed by atoms with Crippen LogP contribution in [0.15, 0.2) is 33.5 Å². The third-order valence-electron chi connectivity index (χ3n) is 9.31. The van der Waals surface area contributed by atoms with E-state index in [1.165, 1.54) is 37.7 Å². The molecular formula is C24H24O3S. The van der Waals surface area contributed by atoms with Gasteiger partial charge < -0.3 is 4.74 Å². The molecule has 7 saturated carbocycles. The molecule has 8 fully saturated rings. The van der Waals surface area contributed by atoms with Gasteiger partial charge >= 0.3 is 11.9 Å². The minimum absolute atomic E-state index is 0.375. The first-order chi connectivity index (χ1) is 13.6. The second kappa shape index (κ2) is 5.27. The van der Waals surface area contributed by atoms with Crippen molar-refractivity contribution in [2.75, 3.05) is 0 Å². The second-order valence-electron chi connectivity index (χ2n) is 10.1. The molecule has 3 nitrogen and oxygen atoms in total. The first-order valence-electron chi connectivity index (χ1n) is 10.9. The van der Waals surface area contributed by atoms with Crippen LogP contribution in [0.3, 0.4) is 0 Å². The van der Waals surface area contributed by atoms with E-state index in [0.29, 0.717) is 23.0 Å². The van der Waals surface area contributed by atoms with Gasteiger partial charge in [0.15, 0.2) is 0 Å². The maximum absolute atomic E-state index is 13.0. The molecule has 2 heterocycles. The van der Waals surface area contributed by atoms with Crippen LogP contribution in [0.5, 0.6) is 0 Å². The Balaban J connectivity index is 1.45. The number of allylic oxidation sites excluding steroid dienone is 2. The maximum atomic E-state index is 13.0. The lowest BCUT2D eigenvalue weighted by Gasteiger charge is -2.70. The molecule has 0 N–H and O–H groups in total. The van der Waals surface area contributed by atoms with Crippen molar-refractivity contribution in [1.82, 2.24) is 0 Å². The molecule has 6 unspecified atom stereocenters. The summed E-state index contributed by atoms with van der Waals surface area (Å²) in [5, 5.41) is 4.08. The van der Waals surface area contributed by atoms with Crippen LogP contribution in [0.4, 0.5) is 0 Å². The van der Waals surface area contributed by atoms with Gasteiger partial charge in [0.1, 0.15) is 0 Å². The smallest absolute Gasteiger partial charge is 0.347 e. The molecule has 9 rings (SSSR count). The van der Waals surface area contributed by atoms with Crippen molar-refractivity contribution in [2.24, 2.45) is 47.3 Å². The quantitative estimate of drug-likeness (QED) is 0.390. The predicted molar refractivity (Wildman–Crippen MR) is 106 cm³/mol. The average molecular weight is 393 g/mol. The van der Waals surface area contributed by atoms with Crippen LogP contribution in [-0.4, -0.2) is 11.9 Å². The highest BCUT2D eigenvalue weighted by Gasteiger charge is 2.66. The number of cyclic esters (lactones) is 2. The fourth-order valence-electron chi connectivity index (χ4n) is 8.66. The summed E-state index contributed by atoms with van der Waals surface area (Å²) in [5.74, 6) is 5.37. The molecule has 8 aliphatic rings. The molecule has 1 aromatic heterocycles. The van der Waals surface area contributed by atoms with E-state index in [1.54, 1.807) is 11.3 Å². The molecule has 0 amide bonds. The molecule has 8 bridgehead atoms. The van der Waals surface area contributed by atoms with E-state index in [-0.39, 0.29) is 5.97 Å². The van der Waals surface area contributed by atoms with E-state index >= 15 is 0 Å². The molecular weight excluding hydrogens is 368 g/mol. The highest BCUT2D eigenvalue weighted by Crippen LogP contribution is 2.73. The van der Waals surface area contributed by atoms with Gasteiger partial charge in [-0.25, -0.2) is 9.59 Å². The number of rotatable bonds is 1. The summed E-state index contributed by atoms with van der Waals surface area (Å²) in [5.41, 5.74) is 4.51. The zero-order chi connectivity index (χ0) is 18.7. The van der Waals surface area contributed by atoms with Crippen LogP contribution in [0, 0.1) is 47.3 Å². The molecule has 1 saturated heterocycles. The van der Waals surface area contributed by atoms with Gasteiger partial charge in [-0.2, -0.15) is 11.3 Å². The van der Waals surface area contributed by atoms with Gasteiger partial charge in [0.05, 0.1) is 11.1 Å². The number of carbonyl (C=O) groups is 2. The molecule has 0 aromatic carbocycles. The SMILES string of the molecule is C/C(=C1\C(=O)OC(=O)\C1=C1\C2CC3C4CC5CC3[C@H](C2)[C@H](C5)C14)c1ccsc1. The summed E-state index contributed by atoms with van der Waals surface area (Å²) in [7, 11) is 0. The van der Waals surface area contributed by atoms with Crippen molar-refractivity contribution in [3.8, 4) is 0 Å². The van der Waals surface area contributed by atoms with Crippen LogP contribution in [-0.2, 0) is 14.3 Å². The standard InChI is InChI=1S/C24H24O3S/c1-10(12-2-3-28-9-12)19-22(24(26)27-23(19)25)20-13-7-15-14-4-11-5-17(15)21(20)18(6-11)16(14)8-13/h2-3,9,11,13-18,21H,4-8H2,1H3/b19-10+,22-20-/t11?,13?,14?,15-,16?,17-,18?,21?/m0/s1. The van der Waals surface area contributed by atoms with Gasteiger partial charge in [-0.15, -0.1) is 0 Å². The van der Waals surface area contributed by atoms with E-state index in [0.717, 1.165) is 46.6 Å². The van der Waals surface area contributed by atoms with E-state index in [4.69, 9.17) is 4.74 Å². The van der Waals surface area contributed by atoms with Crippen LogP contribution < -0.4 is 0 Å². The second-order valence-corrected chi connectivity index (χ2v) is 10.9. The van der Waals surface area contributed by atoms with Crippen molar-refractivity contribution in [1.29, 1.82) is 0 Å². The molecule has 1 aromatic rings. The maximum Gasteiger partial charge on any atom is 0.347 e. The lowest BCUT2D eigenvalue weighted by atomic mass is 9.34. The lowest BCUT2D eigenvalue weighted by Crippen LogP contribution is -2.63. The molecule has 4 heteroatoms. The molecule has 7 aliphatic carbocycles. The molecule has 1 aliphatic heterocycles. The summed E-state index contributed by atoms with van der Waals surface area (Å²) in [6.45, 7) is 1.98. The number of thiophene rings is 1. The highest BCUT2D eigenvalue weighted by atomic mass is 32.1. The first-order valence-corrected chi connectivity index (χ1v) is 11.8. The Kier molecular flexibility index (Phi) is 3.04. The highest BCUT2D eigenvalue weighted by molar-refractivity contribution is 7.08. The van der Waals surface area contributed by atoms with Gasteiger partial charge in [-0.1, -0.05) is 0 Å². The fraction of sp³-hybridized carbons (Fsp3) is 0.583. The van der Waals surface area contributed by atoms with Gasteiger partial charge in [-0.05, 0) is 120 Å². The Hall–Kier alpha value is -1.68. The van der Waals surface area contributed by atoms with E-state index in [2.05, 4.69) is 5.38 Å². The number of esters is 2. The molecule has 8 atom stereocenters. The number of hydrogen-bond acceptors (Lipinski definition) is 4. The molecule has 144 valence electrons. The first kappa shape index (κ1) is 16.2. The lowest BCUT2D eigenvalue weighted by molar-refractivity contribution is -0.177. The summed E-state index contributed by atoms with van der Waals surface area (Å²) in [4.78, 5) is 25.7. The van der Waals surface area contributed by atoms with Gasteiger partial charge in [0.25, 0.3) is 0 Å². The third kappa shape index (κ3) is 1.82. The monoisotopic (exact) mass is 392 g/mol. The Morgan fingerprint density at radius 2 is 1.64 bits per heavy atom. The van der Waals surface area contributed by atoms with Crippen LogP contribution in [0.25, 0.3) is 5.57 Å². The zero-order valence-electron chi connectivity index (χ0n) is 16.0. The molecule has 0 radical (unpaired) electrons. The number of hydrogen-bond donors (Lipinski definition) is 0. The molecule has 28 heavy (non-hydrogen) atoms. The fourth-order valence-corrected chi connectivity index (χ4v) is 9.37. The van der Waals surface area contributed by atoms with Crippen molar-refractivity contribution >= 4 is 28.8 Å². The Labute approximate surface area is 168 Å². The minimum atomic E-state index is -0.432. The minimum Gasteiger partial charge on any atom is -0.386 e. The van der Waals surface area contributed by atoms with Crippen LogP contribution in [0.1, 0.15) is 44.6 Å². The largest absolute Gasteiger partial charge is 0.386 e. The van der Waals surface area contributed by atoms with Crippen molar-refractivity contribution in [3.05, 3.63) is 39.1 Å². The normalized spacial score (nSPS) is 49.3. The van der Waals surface area contributed by atoms with Gasteiger partial charge in [0.2, 0.25) is 0 Å². The summed E-state index contributed by atoms with van der Waals surface area (Å²) in [6.07, 6.45) is 6.66. The van der Waals surface area contributed by atoms with E-state index < -0.39 is 5.97 Å². The summed E-state index contributed by atoms with van der Waals surface area (Å²) >= 11 is 1.62. The summed E-state index contributed by atoms with van der Waals surface area (Å²) in [6, 6.07) is 2.03. The Bertz CT molecular complexity index is 959. The van der Waals surface area contributed by atoms with E-state index in [9.17, 15) is 9.59 Å². The Morgan fingerprint density at radius 1 is 0.964 bits per heavy atom. The van der Waals surface area contributed by atoms with Crippen molar-refractivity contribution < 1.29 is 14.3 Å². The third-order valence-corrected chi connectivity index (χ3v) is 10.00. The Morgan fingerprint density at radius 3 is 2.32 bits per heavy atom. The number of carbonyl (C=O) groups excluding carboxylic acids is 2. The van der Waals surface area contributed by atoms with Crippen LogP contribution in [0.2, 0.25) is 0 Å². The van der Waals surface area contributed by atoms with E-state index in [1.807, 2.05) is 18.4 Å². The number of ether oxygens (including phenoxy) is 1. The van der Waals surface area contributed by atoms with Gasteiger partial charge in [0, 0.05) is 0 Å². The van der Waals surface area contributed by atoms with Crippen molar-refractivity contribution in [2.45, 2.75) is 39.0 Å². The topological polar surface area (TPSA) is 43.4 Å².